The van der Waals surface area contributed by atoms with E-state index in [0.29, 0.717) is 17.5 Å². The second-order valence-corrected chi connectivity index (χ2v) is 14.3. The van der Waals surface area contributed by atoms with E-state index in [2.05, 4.69) is 171 Å². The minimum Gasteiger partial charge on any atom is -0.504 e. The molecule has 0 atom stereocenters. The first-order chi connectivity index (χ1) is 25.2. The van der Waals surface area contributed by atoms with Crippen LogP contribution in [0.25, 0.3) is 61.8 Å². The van der Waals surface area contributed by atoms with E-state index in [1.54, 1.807) is 0 Å². The molecule has 0 N–H and O–H groups in total. The standard InChI is InChI=1S/C45H36N7.Pt/c1-29-17-19-30(20-18-29)42-47-43(31-11-10-12-34(25-31)51-28-50(5)38-15-8-9-16-39(38)51)49-44(48-42)32-21-22-36-35-13-6-7-14-37(35)52(40(36)26-32)41-27-33(23-24-46-41)45(2,3)4;/h6-24,27-28H,1-5H3;/q-3;. The van der Waals surface area contributed by atoms with Crippen LogP contribution in [0.5, 0.6) is 0 Å². The molecule has 1 aliphatic heterocycles. The van der Waals surface area contributed by atoms with Crippen molar-refractivity contribution in [1.29, 1.82) is 0 Å². The van der Waals surface area contributed by atoms with Gasteiger partial charge < -0.3 is 19.4 Å². The summed E-state index contributed by atoms with van der Waals surface area (Å²) in [7, 11) is 2.05. The number of rotatable bonds is 5. The molecule has 0 amide bonds. The van der Waals surface area contributed by atoms with E-state index < -0.39 is 0 Å². The topological polar surface area (TPSA) is 63.0 Å². The van der Waals surface area contributed by atoms with Gasteiger partial charge in [-0.1, -0.05) is 92.0 Å². The van der Waals surface area contributed by atoms with Crippen molar-refractivity contribution in [2.75, 3.05) is 16.8 Å². The van der Waals surface area contributed by atoms with Crippen LogP contribution in [0.2, 0.25) is 0 Å². The molecule has 9 rings (SSSR count). The maximum atomic E-state index is 5.10. The van der Waals surface area contributed by atoms with E-state index in [4.69, 9.17) is 19.9 Å². The van der Waals surface area contributed by atoms with Gasteiger partial charge in [0.25, 0.3) is 0 Å². The number of pyridine rings is 1. The molecule has 264 valence electrons. The van der Waals surface area contributed by atoms with Crippen molar-refractivity contribution in [2.45, 2.75) is 33.1 Å². The fraction of sp³-hybridized carbons (Fsp3) is 0.133. The van der Waals surface area contributed by atoms with E-state index in [1.165, 1.54) is 11.1 Å². The number of fused-ring (bicyclic) bond motifs is 4. The Balaban J connectivity index is 0.00000400. The number of aromatic nitrogens is 5. The zero-order valence-electron chi connectivity index (χ0n) is 30.1. The van der Waals surface area contributed by atoms with Gasteiger partial charge in [-0.05, 0) is 66.2 Å². The number of aryl methyl sites for hydroxylation is 1. The molecule has 5 aromatic carbocycles. The Bertz CT molecular complexity index is 2640. The Kier molecular flexibility index (Phi) is 8.70. The Morgan fingerprint density at radius 3 is 2.13 bits per heavy atom. The van der Waals surface area contributed by atoms with Gasteiger partial charge in [-0.25, -0.2) is 4.98 Å². The fourth-order valence-electron chi connectivity index (χ4n) is 6.90. The number of hydrogen-bond donors (Lipinski definition) is 0. The molecule has 0 spiro atoms. The van der Waals surface area contributed by atoms with Gasteiger partial charge in [0.1, 0.15) is 11.6 Å². The minimum atomic E-state index is -0.0284. The van der Waals surface area contributed by atoms with E-state index >= 15 is 0 Å². The monoisotopic (exact) mass is 869 g/mol. The summed E-state index contributed by atoms with van der Waals surface area (Å²) in [5.41, 5.74) is 9.91. The molecule has 0 fully saturated rings. The third kappa shape index (κ3) is 6.19. The van der Waals surface area contributed by atoms with Crippen LogP contribution in [0.3, 0.4) is 0 Å². The van der Waals surface area contributed by atoms with Crippen LogP contribution in [-0.4, -0.2) is 31.6 Å². The average Bonchev–Trinajstić information content (AvgIpc) is 3.69. The van der Waals surface area contributed by atoms with Crippen molar-refractivity contribution in [2.24, 2.45) is 0 Å². The van der Waals surface area contributed by atoms with Gasteiger partial charge >= 0.3 is 0 Å². The van der Waals surface area contributed by atoms with Gasteiger partial charge in [-0.3, -0.25) is 9.97 Å². The maximum absolute atomic E-state index is 5.10. The quantitative estimate of drug-likeness (QED) is 0.161. The third-order valence-electron chi connectivity index (χ3n) is 9.70. The SMILES string of the molecule is Cc1ccc(-c2nc(-c3[c-]c(N4[CH-]N(C)c5ccccc54)ccc3)nc(-c3[c-]c4c(cc3)c3ccccc3n4-c3cc(C(C)(C)C)ccn3)n2)cc1.[Pt]. The van der Waals surface area contributed by atoms with E-state index in [9.17, 15) is 0 Å². The molecule has 4 heterocycles. The van der Waals surface area contributed by atoms with Gasteiger partial charge in [0.15, 0.2) is 0 Å². The van der Waals surface area contributed by atoms with Gasteiger partial charge in [0.2, 0.25) is 0 Å². The first-order valence-corrected chi connectivity index (χ1v) is 17.5. The predicted octanol–water partition coefficient (Wildman–Crippen LogP) is 10.3. The summed E-state index contributed by atoms with van der Waals surface area (Å²) in [6, 6.07) is 47.0. The van der Waals surface area contributed by atoms with Crippen molar-refractivity contribution in [3.63, 3.8) is 0 Å². The maximum Gasteiger partial charge on any atom is 0.144 e. The summed E-state index contributed by atoms with van der Waals surface area (Å²) in [4.78, 5) is 24.3. The zero-order valence-corrected chi connectivity index (χ0v) is 32.3. The summed E-state index contributed by atoms with van der Waals surface area (Å²) in [6.07, 6.45) is 1.90. The van der Waals surface area contributed by atoms with Crippen LogP contribution in [-0.2, 0) is 26.5 Å². The second-order valence-electron chi connectivity index (χ2n) is 14.3. The van der Waals surface area contributed by atoms with Crippen LogP contribution >= 0.6 is 0 Å². The van der Waals surface area contributed by atoms with Crippen molar-refractivity contribution in [3.8, 4) is 40.0 Å². The van der Waals surface area contributed by atoms with Crippen LogP contribution < -0.4 is 9.80 Å². The Morgan fingerprint density at radius 1 is 0.660 bits per heavy atom. The van der Waals surface area contributed by atoms with Crippen LogP contribution in [0.4, 0.5) is 17.1 Å². The van der Waals surface area contributed by atoms with E-state index in [1.807, 2.05) is 18.3 Å². The summed E-state index contributed by atoms with van der Waals surface area (Å²) in [5.74, 6) is 2.51. The zero-order chi connectivity index (χ0) is 35.6. The third-order valence-corrected chi connectivity index (χ3v) is 9.70. The van der Waals surface area contributed by atoms with Crippen LogP contribution in [0.1, 0.15) is 31.9 Å². The van der Waals surface area contributed by atoms with Crippen molar-refractivity contribution in [3.05, 3.63) is 151 Å². The molecule has 53 heavy (non-hydrogen) atoms. The Labute approximate surface area is 324 Å². The number of hydrogen-bond acceptors (Lipinski definition) is 6. The number of para-hydroxylation sites is 3. The van der Waals surface area contributed by atoms with Crippen molar-refractivity contribution >= 4 is 38.9 Å². The fourth-order valence-corrected chi connectivity index (χ4v) is 6.90. The summed E-state index contributed by atoms with van der Waals surface area (Å²) < 4.78 is 2.20. The number of nitrogens with zero attached hydrogens (tertiary/aromatic N) is 7. The molecule has 0 saturated carbocycles. The molecular weight excluding hydrogens is 834 g/mol. The molecule has 0 radical (unpaired) electrons. The average molecular weight is 870 g/mol. The van der Waals surface area contributed by atoms with Gasteiger partial charge in [0.05, 0.1) is 11.6 Å². The van der Waals surface area contributed by atoms with Crippen molar-refractivity contribution in [1.82, 2.24) is 24.5 Å². The molecule has 7 nitrogen and oxygen atoms in total. The minimum absolute atomic E-state index is 0. The first-order valence-electron chi connectivity index (χ1n) is 17.5. The van der Waals surface area contributed by atoms with E-state index in [-0.39, 0.29) is 26.5 Å². The molecule has 8 heteroatoms. The molecular formula is C45H36N7Pt-3. The summed E-state index contributed by atoms with van der Waals surface area (Å²) in [6.45, 7) is 10.8. The van der Waals surface area contributed by atoms with Crippen molar-refractivity contribution < 1.29 is 21.1 Å². The first kappa shape index (κ1) is 34.4. The molecule has 0 saturated heterocycles. The Hall–Kier alpha value is -5.65. The molecule has 8 aromatic rings. The molecule has 0 unspecified atom stereocenters. The number of benzene rings is 5. The largest absolute Gasteiger partial charge is 0.504 e. The second kappa shape index (κ2) is 13.4. The summed E-state index contributed by atoms with van der Waals surface area (Å²) in [5, 5.41) is 2.22. The van der Waals surface area contributed by atoms with Crippen LogP contribution in [0.15, 0.2) is 121 Å². The van der Waals surface area contributed by atoms with Gasteiger partial charge in [0, 0.05) is 49.7 Å². The van der Waals surface area contributed by atoms with Gasteiger partial charge in [-0.2, -0.15) is 6.67 Å². The summed E-state index contributed by atoms with van der Waals surface area (Å²) >= 11 is 0. The van der Waals surface area contributed by atoms with Crippen LogP contribution in [0, 0.1) is 25.7 Å². The normalized spacial score (nSPS) is 12.7. The number of anilines is 3. The molecule has 0 aliphatic carbocycles. The van der Waals surface area contributed by atoms with E-state index in [0.717, 1.165) is 61.4 Å². The molecule has 0 bridgehead atoms. The smallest absolute Gasteiger partial charge is 0.144 e. The molecule has 3 aromatic heterocycles. The molecule has 1 aliphatic rings. The Morgan fingerprint density at radius 2 is 1.36 bits per heavy atom. The predicted molar refractivity (Wildman–Crippen MR) is 211 cm³/mol. The van der Waals surface area contributed by atoms with Gasteiger partial charge in [-0.15, -0.1) is 53.6 Å².